The Balaban J connectivity index is 1.72. The number of hydrogen-bond acceptors (Lipinski definition) is 1. The predicted molar refractivity (Wildman–Crippen MR) is 76.5 cm³/mol. The van der Waals surface area contributed by atoms with E-state index in [0.29, 0.717) is 0 Å². The number of fused-ring (bicyclic) bond motifs is 1. The zero-order valence-electron chi connectivity index (χ0n) is 10.7. The van der Waals surface area contributed by atoms with Gasteiger partial charge in [0.2, 0.25) is 0 Å². The van der Waals surface area contributed by atoms with Crippen LogP contribution in [0.2, 0.25) is 5.02 Å². The van der Waals surface area contributed by atoms with Gasteiger partial charge in [0.15, 0.2) is 0 Å². The van der Waals surface area contributed by atoms with Gasteiger partial charge in [0.25, 0.3) is 5.91 Å². The second-order valence-corrected chi connectivity index (χ2v) is 5.41. The lowest BCUT2D eigenvalue weighted by molar-refractivity contribution is 0.0934. The normalized spacial score (nSPS) is 14.1. The van der Waals surface area contributed by atoms with Crippen LogP contribution >= 0.6 is 11.6 Å². The molecule has 0 heterocycles. The smallest absolute Gasteiger partial charge is 0.254 e. The molecule has 4 heteroatoms. The van der Waals surface area contributed by atoms with Crippen molar-refractivity contribution >= 4 is 17.5 Å². The first-order valence-electron chi connectivity index (χ1n) is 6.46. The molecule has 1 amide bonds. The van der Waals surface area contributed by atoms with Crippen LogP contribution in [0.5, 0.6) is 0 Å². The third-order valence-electron chi connectivity index (χ3n) is 3.56. The summed E-state index contributed by atoms with van der Waals surface area (Å²) in [7, 11) is 0. The Morgan fingerprint density at radius 3 is 2.40 bits per heavy atom. The average Bonchev–Trinajstić information content (AvgIpc) is 2.80. The van der Waals surface area contributed by atoms with Gasteiger partial charge in [-0.1, -0.05) is 35.9 Å². The number of carbonyl (C=O) groups excluding carboxylic acids is 1. The summed E-state index contributed by atoms with van der Waals surface area (Å²) in [6.45, 7) is 0. The molecule has 0 unspecified atom stereocenters. The van der Waals surface area contributed by atoms with Gasteiger partial charge in [0.05, 0.1) is 5.56 Å². The van der Waals surface area contributed by atoms with Gasteiger partial charge in [-0.2, -0.15) is 0 Å². The van der Waals surface area contributed by atoms with E-state index in [-0.39, 0.29) is 16.6 Å². The molecule has 2 aromatic rings. The van der Waals surface area contributed by atoms with E-state index in [0.717, 1.165) is 18.9 Å². The fraction of sp³-hybridized carbons (Fsp3) is 0.188. The molecule has 0 saturated heterocycles. The van der Waals surface area contributed by atoms with Crippen LogP contribution in [0, 0.1) is 5.82 Å². The first-order chi connectivity index (χ1) is 9.63. The molecule has 0 radical (unpaired) electrons. The molecule has 0 aliphatic heterocycles. The van der Waals surface area contributed by atoms with Crippen molar-refractivity contribution < 1.29 is 9.18 Å². The zero-order chi connectivity index (χ0) is 14.1. The number of rotatable bonds is 2. The number of carbonyl (C=O) groups is 1. The van der Waals surface area contributed by atoms with Gasteiger partial charge >= 0.3 is 0 Å². The van der Waals surface area contributed by atoms with Gasteiger partial charge in [-0.05, 0) is 42.2 Å². The minimum atomic E-state index is -0.592. The Labute approximate surface area is 121 Å². The van der Waals surface area contributed by atoms with Crippen molar-refractivity contribution in [2.24, 2.45) is 0 Å². The topological polar surface area (TPSA) is 29.1 Å². The Morgan fingerprint density at radius 2 is 1.80 bits per heavy atom. The van der Waals surface area contributed by atoms with E-state index >= 15 is 0 Å². The lowest BCUT2D eigenvalue weighted by Gasteiger charge is -2.12. The number of nitrogens with one attached hydrogen (secondary N) is 1. The van der Waals surface area contributed by atoms with Crippen molar-refractivity contribution in [2.45, 2.75) is 18.9 Å². The van der Waals surface area contributed by atoms with E-state index in [1.807, 2.05) is 12.1 Å². The highest BCUT2D eigenvalue weighted by atomic mass is 35.5. The predicted octanol–water partition coefficient (Wildman–Crippen LogP) is 3.38. The molecule has 0 aromatic heterocycles. The van der Waals surface area contributed by atoms with Crippen molar-refractivity contribution in [3.05, 3.63) is 70.0 Å². The van der Waals surface area contributed by atoms with Crippen LogP contribution in [-0.4, -0.2) is 11.9 Å². The molecule has 2 nitrogen and oxygen atoms in total. The molecule has 1 N–H and O–H groups in total. The van der Waals surface area contributed by atoms with Crippen molar-refractivity contribution in [3.63, 3.8) is 0 Å². The molecule has 0 saturated carbocycles. The van der Waals surface area contributed by atoms with E-state index in [1.165, 1.54) is 23.3 Å². The largest absolute Gasteiger partial charge is 0.349 e. The number of halogens is 2. The van der Waals surface area contributed by atoms with Gasteiger partial charge in [-0.15, -0.1) is 0 Å². The zero-order valence-corrected chi connectivity index (χ0v) is 11.5. The standard InChI is InChI=1S/C16H13ClFNO/c17-12-5-6-14(15(18)9-12)16(20)19-13-7-10-3-1-2-4-11(10)8-13/h1-6,9,13H,7-8H2,(H,19,20). The van der Waals surface area contributed by atoms with Crippen molar-refractivity contribution in [1.82, 2.24) is 5.32 Å². The van der Waals surface area contributed by atoms with Crippen LogP contribution in [0.4, 0.5) is 4.39 Å². The summed E-state index contributed by atoms with van der Waals surface area (Å²) in [4.78, 5) is 12.1. The number of amides is 1. The van der Waals surface area contributed by atoms with E-state index in [1.54, 1.807) is 0 Å². The second-order valence-electron chi connectivity index (χ2n) is 4.97. The Hall–Kier alpha value is -1.87. The van der Waals surface area contributed by atoms with E-state index in [9.17, 15) is 9.18 Å². The summed E-state index contributed by atoms with van der Waals surface area (Å²) in [6, 6.07) is 12.2. The number of benzene rings is 2. The van der Waals surface area contributed by atoms with Crippen LogP contribution in [0.15, 0.2) is 42.5 Å². The fourth-order valence-electron chi connectivity index (χ4n) is 2.60. The van der Waals surface area contributed by atoms with Crippen LogP contribution in [-0.2, 0) is 12.8 Å². The van der Waals surface area contributed by atoms with Crippen molar-refractivity contribution in [2.75, 3.05) is 0 Å². The summed E-state index contributed by atoms with van der Waals surface area (Å²) in [5.41, 5.74) is 2.52. The molecule has 0 bridgehead atoms. The van der Waals surface area contributed by atoms with Gasteiger partial charge in [0.1, 0.15) is 5.82 Å². The molecular formula is C16H13ClFNO. The second kappa shape index (κ2) is 5.25. The third kappa shape index (κ3) is 2.54. The Bertz CT molecular complexity index is 646. The van der Waals surface area contributed by atoms with Crippen molar-refractivity contribution in [3.8, 4) is 0 Å². The van der Waals surface area contributed by atoms with E-state index in [4.69, 9.17) is 11.6 Å². The molecule has 1 aliphatic rings. The molecular weight excluding hydrogens is 277 g/mol. The third-order valence-corrected chi connectivity index (χ3v) is 3.80. The minimum absolute atomic E-state index is 0.0231. The maximum absolute atomic E-state index is 13.7. The molecule has 20 heavy (non-hydrogen) atoms. The first-order valence-corrected chi connectivity index (χ1v) is 6.84. The SMILES string of the molecule is O=C(NC1Cc2ccccc2C1)c1ccc(Cl)cc1F. The summed E-state index contributed by atoms with van der Waals surface area (Å²) in [5, 5.41) is 3.16. The first kappa shape index (κ1) is 13.1. The maximum Gasteiger partial charge on any atom is 0.254 e. The lowest BCUT2D eigenvalue weighted by Crippen LogP contribution is -2.35. The van der Waals surface area contributed by atoms with Crippen LogP contribution in [0.1, 0.15) is 21.5 Å². The highest BCUT2D eigenvalue weighted by molar-refractivity contribution is 6.30. The maximum atomic E-state index is 13.7. The van der Waals surface area contributed by atoms with E-state index in [2.05, 4.69) is 17.4 Å². The number of hydrogen-bond donors (Lipinski definition) is 1. The van der Waals surface area contributed by atoms with Gasteiger partial charge in [-0.25, -0.2) is 4.39 Å². The van der Waals surface area contributed by atoms with Gasteiger partial charge in [0, 0.05) is 11.1 Å². The van der Waals surface area contributed by atoms with Gasteiger partial charge < -0.3 is 5.32 Å². The molecule has 2 aromatic carbocycles. The highest BCUT2D eigenvalue weighted by Crippen LogP contribution is 2.22. The fourth-order valence-corrected chi connectivity index (χ4v) is 2.76. The average molecular weight is 290 g/mol. The van der Waals surface area contributed by atoms with E-state index < -0.39 is 11.7 Å². The van der Waals surface area contributed by atoms with Crippen LogP contribution in [0.3, 0.4) is 0 Å². The molecule has 0 spiro atoms. The highest BCUT2D eigenvalue weighted by Gasteiger charge is 2.23. The summed E-state index contributed by atoms with van der Waals surface area (Å²) >= 11 is 5.68. The molecule has 0 atom stereocenters. The lowest BCUT2D eigenvalue weighted by atomic mass is 10.1. The molecule has 102 valence electrons. The summed E-state index contributed by atoms with van der Waals surface area (Å²) in [6.07, 6.45) is 1.58. The summed E-state index contributed by atoms with van der Waals surface area (Å²) in [5.74, 6) is -0.984. The van der Waals surface area contributed by atoms with Gasteiger partial charge in [-0.3, -0.25) is 4.79 Å². The Kier molecular flexibility index (Phi) is 3.45. The molecule has 3 rings (SSSR count). The van der Waals surface area contributed by atoms with Crippen LogP contribution < -0.4 is 5.32 Å². The monoisotopic (exact) mass is 289 g/mol. The quantitative estimate of drug-likeness (QED) is 0.902. The summed E-state index contributed by atoms with van der Waals surface area (Å²) < 4.78 is 13.7. The van der Waals surface area contributed by atoms with Crippen LogP contribution in [0.25, 0.3) is 0 Å². The molecule has 0 fully saturated rings. The minimum Gasteiger partial charge on any atom is -0.349 e. The Morgan fingerprint density at radius 1 is 1.15 bits per heavy atom. The molecule has 1 aliphatic carbocycles. The van der Waals surface area contributed by atoms with Crippen molar-refractivity contribution in [1.29, 1.82) is 0 Å².